The molecule has 0 saturated carbocycles. The zero-order chi connectivity index (χ0) is 25.0. The molecule has 0 aromatic heterocycles. The first kappa shape index (κ1) is 25.8. The number of nitrogens with two attached hydrogens (primary N) is 1. The number of carbonyl (C=O) groups excluding carboxylic acids is 2. The molecule has 3 aromatic rings. The molecule has 0 unspecified atom stereocenters. The molecule has 0 spiro atoms. The summed E-state index contributed by atoms with van der Waals surface area (Å²) >= 11 is 0. The Balaban J connectivity index is 1.55. The highest BCUT2D eigenvalue weighted by molar-refractivity contribution is 5.99. The molecule has 1 atom stereocenters. The lowest BCUT2D eigenvalue weighted by Crippen LogP contribution is -2.45. The smallest absolute Gasteiger partial charge is 0.319 e. The van der Waals surface area contributed by atoms with Crippen molar-refractivity contribution in [3.8, 4) is 5.75 Å². The van der Waals surface area contributed by atoms with Crippen LogP contribution in [0, 0.1) is 13.8 Å². The average molecular weight is 475 g/mol. The summed E-state index contributed by atoms with van der Waals surface area (Å²) in [6.45, 7) is 5.02. The van der Waals surface area contributed by atoms with Crippen LogP contribution < -0.4 is 26.4 Å². The first-order valence-electron chi connectivity index (χ1n) is 11.9. The molecule has 7 heteroatoms. The molecule has 184 valence electrons. The molecule has 0 aliphatic rings. The molecule has 3 amide bonds. The first-order chi connectivity index (χ1) is 16.9. The number of carbonyl (C=O) groups is 2. The van der Waals surface area contributed by atoms with E-state index in [0.29, 0.717) is 36.7 Å². The minimum absolute atomic E-state index is 0.259. The molecular formula is C28H34N4O3. The van der Waals surface area contributed by atoms with E-state index in [1.54, 1.807) is 24.3 Å². The van der Waals surface area contributed by atoms with E-state index in [4.69, 9.17) is 10.5 Å². The fourth-order valence-electron chi connectivity index (χ4n) is 3.51. The van der Waals surface area contributed by atoms with Crippen molar-refractivity contribution < 1.29 is 14.3 Å². The predicted octanol–water partition coefficient (Wildman–Crippen LogP) is 5.14. The summed E-state index contributed by atoms with van der Waals surface area (Å²) in [7, 11) is 0. The molecule has 0 bridgehead atoms. The second-order valence-corrected chi connectivity index (χ2v) is 8.52. The SMILES string of the molecule is Cc1ccc(NC(=O)[C@H](CCCCN)NC(=O)Nc2ccc(OCc3ccccc3)cc2)cc1C. The van der Waals surface area contributed by atoms with Gasteiger partial charge in [-0.25, -0.2) is 4.79 Å². The van der Waals surface area contributed by atoms with E-state index in [9.17, 15) is 9.59 Å². The molecular weight excluding hydrogens is 440 g/mol. The molecule has 3 rings (SSSR count). The van der Waals surface area contributed by atoms with Gasteiger partial charge in [-0.1, -0.05) is 36.4 Å². The first-order valence-corrected chi connectivity index (χ1v) is 11.9. The van der Waals surface area contributed by atoms with Gasteiger partial charge in [0.2, 0.25) is 5.91 Å². The van der Waals surface area contributed by atoms with Crippen molar-refractivity contribution in [3.05, 3.63) is 89.5 Å². The number of benzene rings is 3. The largest absolute Gasteiger partial charge is 0.489 e. The lowest BCUT2D eigenvalue weighted by Gasteiger charge is -2.19. The summed E-state index contributed by atoms with van der Waals surface area (Å²) in [6.07, 6.45) is 2.00. The molecule has 0 radical (unpaired) electrons. The van der Waals surface area contributed by atoms with E-state index in [1.165, 1.54) is 0 Å². The van der Waals surface area contributed by atoms with E-state index >= 15 is 0 Å². The van der Waals surface area contributed by atoms with Crippen molar-refractivity contribution in [2.45, 2.75) is 45.8 Å². The van der Waals surface area contributed by atoms with Crippen molar-refractivity contribution in [1.82, 2.24) is 5.32 Å². The number of hydrogen-bond donors (Lipinski definition) is 4. The monoisotopic (exact) mass is 474 g/mol. The lowest BCUT2D eigenvalue weighted by molar-refractivity contribution is -0.118. The highest BCUT2D eigenvalue weighted by Gasteiger charge is 2.21. The van der Waals surface area contributed by atoms with Crippen LogP contribution in [0.2, 0.25) is 0 Å². The van der Waals surface area contributed by atoms with Gasteiger partial charge in [0.25, 0.3) is 0 Å². The van der Waals surface area contributed by atoms with Gasteiger partial charge in [-0.3, -0.25) is 4.79 Å². The van der Waals surface area contributed by atoms with E-state index in [1.807, 2.05) is 62.4 Å². The lowest BCUT2D eigenvalue weighted by atomic mass is 10.1. The van der Waals surface area contributed by atoms with Crippen LogP contribution >= 0.6 is 0 Å². The van der Waals surface area contributed by atoms with Crippen LogP contribution in [-0.2, 0) is 11.4 Å². The van der Waals surface area contributed by atoms with Crippen molar-refractivity contribution >= 4 is 23.3 Å². The van der Waals surface area contributed by atoms with Crippen LogP contribution in [0.15, 0.2) is 72.8 Å². The van der Waals surface area contributed by atoms with E-state index < -0.39 is 12.1 Å². The zero-order valence-electron chi connectivity index (χ0n) is 20.3. The number of ether oxygens (including phenoxy) is 1. The maximum atomic E-state index is 12.9. The van der Waals surface area contributed by atoms with Gasteiger partial charge in [-0.2, -0.15) is 0 Å². The summed E-state index contributed by atoms with van der Waals surface area (Å²) in [4.78, 5) is 25.6. The number of hydrogen-bond acceptors (Lipinski definition) is 4. The van der Waals surface area contributed by atoms with Gasteiger partial charge in [0, 0.05) is 11.4 Å². The third kappa shape index (κ3) is 8.46. The maximum Gasteiger partial charge on any atom is 0.319 e. The van der Waals surface area contributed by atoms with Gasteiger partial charge in [0.05, 0.1) is 0 Å². The Morgan fingerprint density at radius 3 is 2.26 bits per heavy atom. The quantitative estimate of drug-likeness (QED) is 0.289. The van der Waals surface area contributed by atoms with E-state index in [0.717, 1.165) is 29.5 Å². The molecule has 0 saturated heterocycles. The van der Waals surface area contributed by atoms with Gasteiger partial charge >= 0.3 is 6.03 Å². The third-order valence-corrected chi connectivity index (χ3v) is 5.70. The summed E-state index contributed by atoms with van der Waals surface area (Å²) < 4.78 is 5.78. The Labute approximate surface area is 207 Å². The van der Waals surface area contributed by atoms with Crippen LogP contribution in [-0.4, -0.2) is 24.5 Å². The summed E-state index contributed by atoms with van der Waals surface area (Å²) in [5, 5.41) is 8.50. The molecule has 7 nitrogen and oxygen atoms in total. The minimum atomic E-state index is -0.684. The Morgan fingerprint density at radius 2 is 1.57 bits per heavy atom. The predicted molar refractivity (Wildman–Crippen MR) is 141 cm³/mol. The fraction of sp³-hybridized carbons (Fsp3) is 0.286. The van der Waals surface area contributed by atoms with Crippen molar-refractivity contribution in [1.29, 1.82) is 0 Å². The Bertz CT molecular complexity index is 1100. The van der Waals surface area contributed by atoms with Crippen LogP contribution in [0.5, 0.6) is 5.75 Å². The molecule has 35 heavy (non-hydrogen) atoms. The van der Waals surface area contributed by atoms with Crippen molar-refractivity contribution in [3.63, 3.8) is 0 Å². The Morgan fingerprint density at radius 1 is 0.857 bits per heavy atom. The Kier molecular flexibility index (Phi) is 9.69. The highest BCUT2D eigenvalue weighted by atomic mass is 16.5. The number of nitrogens with one attached hydrogen (secondary N) is 3. The molecule has 3 aromatic carbocycles. The minimum Gasteiger partial charge on any atom is -0.489 e. The van der Waals surface area contributed by atoms with Crippen molar-refractivity contribution in [2.24, 2.45) is 5.73 Å². The number of unbranched alkanes of at least 4 members (excludes halogenated alkanes) is 1. The standard InChI is InChI=1S/C28H34N4O3/c1-20-11-12-24(18-21(20)2)30-27(33)26(10-6-7-17-29)32-28(34)31-23-13-15-25(16-14-23)35-19-22-8-4-3-5-9-22/h3-5,8-9,11-16,18,26H,6-7,10,17,19,29H2,1-2H3,(H,30,33)(H2,31,32,34)/t26-/m0/s1. The van der Waals surface area contributed by atoms with Gasteiger partial charge in [0.1, 0.15) is 18.4 Å². The maximum absolute atomic E-state index is 12.9. The third-order valence-electron chi connectivity index (χ3n) is 5.70. The van der Waals surface area contributed by atoms with E-state index in [-0.39, 0.29) is 5.91 Å². The summed E-state index contributed by atoms with van der Waals surface area (Å²) in [5.41, 5.74) is 10.2. The molecule has 0 aliphatic heterocycles. The highest BCUT2D eigenvalue weighted by Crippen LogP contribution is 2.18. The number of aryl methyl sites for hydroxylation is 2. The van der Waals surface area contributed by atoms with Gasteiger partial charge in [-0.05, 0) is 92.7 Å². The molecule has 0 fully saturated rings. The number of amides is 3. The second-order valence-electron chi connectivity index (χ2n) is 8.52. The second kappa shape index (κ2) is 13.2. The van der Waals surface area contributed by atoms with Crippen LogP contribution in [0.3, 0.4) is 0 Å². The average Bonchev–Trinajstić information content (AvgIpc) is 2.86. The van der Waals surface area contributed by atoms with E-state index in [2.05, 4.69) is 16.0 Å². The van der Waals surface area contributed by atoms with Gasteiger partial charge < -0.3 is 26.4 Å². The summed E-state index contributed by atoms with van der Waals surface area (Å²) in [5.74, 6) is 0.442. The van der Waals surface area contributed by atoms with Crippen LogP contribution in [0.4, 0.5) is 16.2 Å². The van der Waals surface area contributed by atoms with Gasteiger partial charge in [0.15, 0.2) is 0 Å². The fourth-order valence-corrected chi connectivity index (χ4v) is 3.51. The summed E-state index contributed by atoms with van der Waals surface area (Å²) in [6, 6.07) is 21.6. The molecule has 5 N–H and O–H groups in total. The normalized spacial score (nSPS) is 11.4. The van der Waals surface area contributed by atoms with Gasteiger partial charge in [-0.15, -0.1) is 0 Å². The zero-order valence-corrected chi connectivity index (χ0v) is 20.3. The van der Waals surface area contributed by atoms with Crippen LogP contribution in [0.25, 0.3) is 0 Å². The molecule has 0 aliphatic carbocycles. The Hall–Kier alpha value is -3.84. The molecule has 0 heterocycles. The number of anilines is 2. The van der Waals surface area contributed by atoms with Crippen molar-refractivity contribution in [2.75, 3.05) is 17.2 Å². The number of rotatable bonds is 11. The topological polar surface area (TPSA) is 105 Å². The number of urea groups is 1. The van der Waals surface area contributed by atoms with Crippen LogP contribution in [0.1, 0.15) is 36.0 Å².